The minimum atomic E-state index is -3.95. The molecule has 0 saturated heterocycles. The summed E-state index contributed by atoms with van der Waals surface area (Å²) < 4.78 is 40.1. The molecule has 9 heteroatoms. The second-order valence-corrected chi connectivity index (χ2v) is 6.83. The highest BCUT2D eigenvalue weighted by atomic mass is 32.2. The number of nitro benzene ring substituents is 1. The van der Waals surface area contributed by atoms with E-state index in [2.05, 4.69) is 4.72 Å². The van der Waals surface area contributed by atoms with Gasteiger partial charge in [-0.05, 0) is 40.9 Å². The van der Waals surface area contributed by atoms with Gasteiger partial charge in [0.05, 0.1) is 9.82 Å². The Balaban J connectivity index is 2.33. The maximum atomic E-state index is 13.6. The van der Waals surface area contributed by atoms with Gasteiger partial charge in [0.25, 0.3) is 0 Å². The lowest BCUT2D eigenvalue weighted by Crippen LogP contribution is -2.23. The Kier molecular flexibility index (Phi) is 4.35. The fourth-order valence-electron chi connectivity index (χ4n) is 1.66. The van der Waals surface area contributed by atoms with Crippen molar-refractivity contribution in [1.29, 1.82) is 0 Å². The van der Waals surface area contributed by atoms with E-state index in [4.69, 9.17) is 0 Å². The molecule has 0 aliphatic carbocycles. The van der Waals surface area contributed by atoms with Crippen molar-refractivity contribution in [2.24, 2.45) is 0 Å². The van der Waals surface area contributed by atoms with Crippen molar-refractivity contribution in [3.05, 3.63) is 56.0 Å². The van der Waals surface area contributed by atoms with E-state index in [-0.39, 0.29) is 17.0 Å². The first-order valence-electron chi connectivity index (χ1n) is 5.76. The third-order valence-electron chi connectivity index (χ3n) is 2.76. The topological polar surface area (TPSA) is 89.3 Å². The van der Waals surface area contributed by atoms with Crippen molar-refractivity contribution < 1.29 is 17.7 Å². The van der Waals surface area contributed by atoms with Crippen LogP contribution in [0.2, 0.25) is 0 Å². The van der Waals surface area contributed by atoms with Crippen LogP contribution in [0.4, 0.5) is 10.1 Å². The summed E-state index contributed by atoms with van der Waals surface area (Å²) in [7, 11) is -3.95. The molecule has 0 atom stereocenters. The Hall–Kier alpha value is -1.84. The number of nitrogens with zero attached hydrogens (tertiary/aromatic N) is 1. The van der Waals surface area contributed by atoms with Crippen molar-refractivity contribution in [3.8, 4) is 0 Å². The number of benzene rings is 1. The van der Waals surface area contributed by atoms with Crippen LogP contribution in [0, 0.1) is 22.9 Å². The first-order valence-corrected chi connectivity index (χ1v) is 8.19. The van der Waals surface area contributed by atoms with E-state index in [0.717, 1.165) is 17.7 Å². The van der Waals surface area contributed by atoms with Crippen LogP contribution >= 0.6 is 11.3 Å². The Bertz CT molecular complexity index is 773. The van der Waals surface area contributed by atoms with Crippen molar-refractivity contribution in [2.75, 3.05) is 0 Å². The predicted octanol–water partition coefficient (Wildman–Crippen LogP) is 2.58. The minimum absolute atomic E-state index is 0.0655. The maximum Gasteiger partial charge on any atom is 0.306 e. The molecular formula is C12H11FN2O4S2. The Morgan fingerprint density at radius 2 is 2.14 bits per heavy atom. The van der Waals surface area contributed by atoms with Crippen LogP contribution in [-0.2, 0) is 16.6 Å². The summed E-state index contributed by atoms with van der Waals surface area (Å²) in [6, 6.07) is 3.54. The van der Waals surface area contributed by atoms with E-state index in [1.54, 1.807) is 16.8 Å². The number of hydrogen-bond acceptors (Lipinski definition) is 5. The van der Waals surface area contributed by atoms with Gasteiger partial charge >= 0.3 is 5.69 Å². The van der Waals surface area contributed by atoms with Crippen LogP contribution in [0.15, 0.2) is 33.9 Å². The number of aryl methyl sites for hydroxylation is 1. The molecule has 1 aromatic heterocycles. The van der Waals surface area contributed by atoms with Crippen molar-refractivity contribution >= 4 is 27.0 Å². The molecule has 2 rings (SSSR count). The zero-order valence-corrected chi connectivity index (χ0v) is 12.5. The van der Waals surface area contributed by atoms with Crippen molar-refractivity contribution in [3.63, 3.8) is 0 Å². The van der Waals surface area contributed by atoms with Crippen LogP contribution in [0.25, 0.3) is 0 Å². The molecular weight excluding hydrogens is 319 g/mol. The summed E-state index contributed by atoms with van der Waals surface area (Å²) in [5, 5.41) is 14.3. The first-order chi connectivity index (χ1) is 9.81. The summed E-state index contributed by atoms with van der Waals surface area (Å²) >= 11 is 1.42. The smallest absolute Gasteiger partial charge is 0.258 e. The number of thiophene rings is 1. The SMILES string of the molecule is Cc1cc(S(=O)(=O)NCc2ccsc2)cc([N+](=O)[O-])c1F. The standard InChI is InChI=1S/C12H11FN2O4S2/c1-8-4-10(5-11(12(8)13)15(16)17)21(18,19)14-6-9-2-3-20-7-9/h2-5,7,14H,6H2,1H3. The average molecular weight is 330 g/mol. The van der Waals surface area contributed by atoms with E-state index in [9.17, 15) is 22.9 Å². The highest BCUT2D eigenvalue weighted by Gasteiger charge is 2.23. The minimum Gasteiger partial charge on any atom is -0.258 e. The third kappa shape index (κ3) is 3.43. The molecule has 0 aliphatic rings. The molecule has 21 heavy (non-hydrogen) atoms. The normalized spacial score (nSPS) is 11.5. The van der Waals surface area contributed by atoms with E-state index >= 15 is 0 Å². The zero-order valence-electron chi connectivity index (χ0n) is 10.9. The van der Waals surface area contributed by atoms with E-state index in [1.165, 1.54) is 18.3 Å². The predicted molar refractivity (Wildman–Crippen MR) is 76.1 cm³/mol. The fourth-order valence-corrected chi connectivity index (χ4v) is 3.45. The lowest BCUT2D eigenvalue weighted by Gasteiger charge is -2.07. The molecule has 0 saturated carbocycles. The molecule has 0 amide bonds. The molecule has 1 N–H and O–H groups in total. The molecule has 0 bridgehead atoms. The van der Waals surface area contributed by atoms with Gasteiger partial charge in [-0.25, -0.2) is 13.1 Å². The summed E-state index contributed by atoms with van der Waals surface area (Å²) in [5.74, 6) is -1.03. The monoisotopic (exact) mass is 330 g/mol. The zero-order chi connectivity index (χ0) is 15.6. The Morgan fingerprint density at radius 3 is 2.71 bits per heavy atom. The Morgan fingerprint density at radius 1 is 1.43 bits per heavy atom. The lowest BCUT2D eigenvalue weighted by atomic mass is 10.2. The molecule has 0 unspecified atom stereocenters. The van der Waals surface area contributed by atoms with E-state index in [0.29, 0.717) is 0 Å². The number of hydrogen-bond donors (Lipinski definition) is 1. The summed E-state index contributed by atoms with van der Waals surface area (Å²) in [4.78, 5) is 9.48. The second-order valence-electron chi connectivity index (χ2n) is 4.29. The highest BCUT2D eigenvalue weighted by Crippen LogP contribution is 2.25. The molecule has 1 heterocycles. The lowest BCUT2D eigenvalue weighted by molar-refractivity contribution is -0.387. The van der Waals surface area contributed by atoms with Crippen molar-refractivity contribution in [1.82, 2.24) is 4.72 Å². The van der Waals surface area contributed by atoms with Gasteiger partial charge in [-0.15, -0.1) is 0 Å². The summed E-state index contributed by atoms with van der Waals surface area (Å²) in [6.07, 6.45) is 0. The van der Waals surface area contributed by atoms with Crippen LogP contribution < -0.4 is 4.72 Å². The molecule has 6 nitrogen and oxygen atoms in total. The van der Waals surface area contributed by atoms with Gasteiger partial charge in [-0.3, -0.25) is 10.1 Å². The second kappa shape index (κ2) is 5.88. The molecule has 2 aromatic rings. The maximum absolute atomic E-state index is 13.6. The van der Waals surface area contributed by atoms with Gasteiger partial charge in [0.2, 0.25) is 15.8 Å². The quantitative estimate of drug-likeness (QED) is 0.674. The first kappa shape index (κ1) is 15.5. The number of nitro groups is 1. The molecule has 1 aromatic carbocycles. The fraction of sp³-hybridized carbons (Fsp3) is 0.167. The van der Waals surface area contributed by atoms with Gasteiger partial charge in [0, 0.05) is 12.6 Å². The van der Waals surface area contributed by atoms with E-state index < -0.39 is 26.5 Å². The number of halogens is 1. The van der Waals surface area contributed by atoms with Gasteiger partial charge in [0.15, 0.2) is 0 Å². The highest BCUT2D eigenvalue weighted by molar-refractivity contribution is 7.89. The van der Waals surface area contributed by atoms with Crippen LogP contribution in [0.3, 0.4) is 0 Å². The molecule has 0 radical (unpaired) electrons. The largest absolute Gasteiger partial charge is 0.306 e. The van der Waals surface area contributed by atoms with Crippen LogP contribution in [0.5, 0.6) is 0 Å². The number of rotatable bonds is 5. The molecule has 0 fully saturated rings. The van der Waals surface area contributed by atoms with Gasteiger partial charge < -0.3 is 0 Å². The average Bonchev–Trinajstić information content (AvgIpc) is 2.92. The van der Waals surface area contributed by atoms with E-state index in [1.807, 2.05) is 0 Å². The summed E-state index contributed by atoms with van der Waals surface area (Å²) in [5.41, 5.74) is -0.178. The number of sulfonamides is 1. The molecule has 112 valence electrons. The summed E-state index contributed by atoms with van der Waals surface area (Å²) in [6.45, 7) is 1.34. The van der Waals surface area contributed by atoms with Gasteiger partial charge in [-0.1, -0.05) is 0 Å². The van der Waals surface area contributed by atoms with Crippen LogP contribution in [0.1, 0.15) is 11.1 Å². The van der Waals surface area contributed by atoms with Gasteiger partial charge in [0.1, 0.15) is 0 Å². The Labute approximate surface area is 124 Å². The number of nitrogens with one attached hydrogen (secondary N) is 1. The molecule has 0 spiro atoms. The third-order valence-corrected chi connectivity index (χ3v) is 4.87. The van der Waals surface area contributed by atoms with Crippen LogP contribution in [-0.4, -0.2) is 13.3 Å². The molecule has 0 aliphatic heterocycles. The van der Waals surface area contributed by atoms with Crippen molar-refractivity contribution in [2.45, 2.75) is 18.4 Å². The van der Waals surface area contributed by atoms with Gasteiger partial charge in [-0.2, -0.15) is 15.7 Å².